The molecular weight excluding hydrogens is 308 g/mol. The maximum Gasteiger partial charge on any atom is 0.238 e. The predicted octanol–water partition coefficient (Wildman–Crippen LogP) is 3.26. The van der Waals surface area contributed by atoms with Crippen LogP contribution in [0.5, 0.6) is 0 Å². The maximum atomic E-state index is 11.5. The summed E-state index contributed by atoms with van der Waals surface area (Å²) in [6, 6.07) is 6.99. The van der Waals surface area contributed by atoms with Crippen LogP contribution in [0.2, 0.25) is 0 Å². The second-order valence-corrected chi connectivity index (χ2v) is 8.37. The third kappa shape index (κ3) is 2.95. The summed E-state index contributed by atoms with van der Waals surface area (Å²) in [6.07, 6.45) is 3.31. The molecule has 124 valence electrons. The van der Waals surface area contributed by atoms with Crippen LogP contribution in [0.4, 0.5) is 0 Å². The van der Waals surface area contributed by atoms with Gasteiger partial charge in [-0.25, -0.2) is 13.6 Å². The zero-order valence-electron chi connectivity index (χ0n) is 14.0. The lowest BCUT2D eigenvalue weighted by Gasteiger charge is -2.11. The second kappa shape index (κ2) is 5.80. The van der Waals surface area contributed by atoms with Crippen LogP contribution in [0.15, 0.2) is 29.2 Å². The van der Waals surface area contributed by atoms with Crippen molar-refractivity contribution in [2.45, 2.75) is 51.5 Å². The molecule has 3 rings (SSSR count). The molecule has 1 aliphatic rings. The Kier molecular flexibility index (Phi) is 4.10. The average molecular weight is 332 g/mol. The van der Waals surface area contributed by atoms with E-state index in [4.69, 9.17) is 5.14 Å². The third-order valence-corrected chi connectivity index (χ3v) is 5.57. The highest BCUT2D eigenvalue weighted by Gasteiger charge is 2.25. The summed E-state index contributed by atoms with van der Waals surface area (Å²) in [5, 5.41) is 5.20. The van der Waals surface area contributed by atoms with Crippen molar-refractivity contribution < 1.29 is 8.42 Å². The number of rotatable bonds is 4. The van der Waals surface area contributed by atoms with Crippen molar-refractivity contribution >= 4 is 10.0 Å². The molecule has 0 unspecified atom stereocenters. The van der Waals surface area contributed by atoms with E-state index in [-0.39, 0.29) is 4.90 Å². The van der Waals surface area contributed by atoms with Crippen LogP contribution in [0.25, 0.3) is 11.1 Å². The molecule has 0 saturated carbocycles. The van der Waals surface area contributed by atoms with E-state index in [9.17, 15) is 8.42 Å². The van der Waals surface area contributed by atoms with Gasteiger partial charge in [-0.05, 0) is 55.4 Å². The molecule has 0 fully saturated rings. The van der Waals surface area contributed by atoms with Gasteiger partial charge in [0.15, 0.2) is 0 Å². The number of nitrogens with two attached hydrogens (primary N) is 1. The standard InChI is InChI=1S/C18H24N2O2S/c1-12(2)11-16-13(3)20-10-4-5-17(20)18(16)14-6-8-15(9-7-14)23(19,21)22/h6-9,12H,4-5,10-11H2,1-3H3,(H2,19,21,22). The zero-order valence-corrected chi connectivity index (χ0v) is 14.8. The number of aromatic nitrogens is 1. The van der Waals surface area contributed by atoms with E-state index in [1.165, 1.54) is 28.9 Å². The van der Waals surface area contributed by atoms with Gasteiger partial charge in [-0.1, -0.05) is 26.0 Å². The van der Waals surface area contributed by atoms with Crippen molar-refractivity contribution in [3.8, 4) is 11.1 Å². The van der Waals surface area contributed by atoms with Crippen LogP contribution >= 0.6 is 0 Å². The molecule has 0 spiro atoms. The minimum Gasteiger partial charge on any atom is -0.348 e. The summed E-state index contributed by atoms with van der Waals surface area (Å²) < 4.78 is 25.3. The first-order chi connectivity index (χ1) is 10.8. The Labute approximate surface area is 138 Å². The van der Waals surface area contributed by atoms with Crippen molar-refractivity contribution in [1.29, 1.82) is 0 Å². The van der Waals surface area contributed by atoms with Crippen LogP contribution < -0.4 is 5.14 Å². The van der Waals surface area contributed by atoms with Crippen LogP contribution in [0.3, 0.4) is 0 Å². The van der Waals surface area contributed by atoms with Gasteiger partial charge in [0.05, 0.1) is 4.90 Å². The Morgan fingerprint density at radius 3 is 2.43 bits per heavy atom. The Morgan fingerprint density at radius 2 is 1.87 bits per heavy atom. The summed E-state index contributed by atoms with van der Waals surface area (Å²) >= 11 is 0. The van der Waals surface area contributed by atoms with E-state index in [2.05, 4.69) is 25.3 Å². The molecule has 1 aliphatic heterocycles. The summed E-state index contributed by atoms with van der Waals surface area (Å²) in [6.45, 7) is 7.75. The second-order valence-electron chi connectivity index (χ2n) is 6.81. The number of benzene rings is 1. The highest BCUT2D eigenvalue weighted by atomic mass is 32.2. The van der Waals surface area contributed by atoms with E-state index >= 15 is 0 Å². The van der Waals surface area contributed by atoms with Crippen LogP contribution in [0.1, 0.15) is 37.2 Å². The van der Waals surface area contributed by atoms with Crippen molar-refractivity contribution in [2.24, 2.45) is 11.1 Å². The summed E-state index contributed by atoms with van der Waals surface area (Å²) in [5.74, 6) is 0.583. The van der Waals surface area contributed by atoms with E-state index in [1.54, 1.807) is 12.1 Å². The lowest BCUT2D eigenvalue weighted by atomic mass is 9.93. The molecule has 1 aromatic heterocycles. The quantitative estimate of drug-likeness (QED) is 0.934. The molecule has 0 atom stereocenters. The minimum atomic E-state index is -3.64. The van der Waals surface area contributed by atoms with E-state index in [0.29, 0.717) is 5.92 Å². The summed E-state index contributed by atoms with van der Waals surface area (Å²) in [4.78, 5) is 0.166. The van der Waals surface area contributed by atoms with Crippen LogP contribution in [-0.4, -0.2) is 13.0 Å². The number of hydrogen-bond acceptors (Lipinski definition) is 2. The first kappa shape index (κ1) is 16.3. The third-order valence-electron chi connectivity index (χ3n) is 4.64. The highest BCUT2D eigenvalue weighted by Crippen LogP contribution is 2.38. The number of sulfonamides is 1. The molecule has 5 heteroatoms. The molecule has 2 N–H and O–H groups in total. The van der Waals surface area contributed by atoms with Crippen molar-refractivity contribution in [1.82, 2.24) is 4.57 Å². The fourth-order valence-corrected chi connectivity index (χ4v) is 4.15. The minimum absolute atomic E-state index is 0.166. The molecule has 0 bridgehead atoms. The smallest absolute Gasteiger partial charge is 0.238 e. The van der Waals surface area contributed by atoms with Gasteiger partial charge >= 0.3 is 0 Å². The molecule has 2 heterocycles. The predicted molar refractivity (Wildman–Crippen MR) is 92.8 cm³/mol. The molecule has 23 heavy (non-hydrogen) atoms. The first-order valence-electron chi connectivity index (χ1n) is 8.13. The van der Waals surface area contributed by atoms with Crippen molar-refractivity contribution in [3.63, 3.8) is 0 Å². The fraction of sp³-hybridized carbons (Fsp3) is 0.444. The van der Waals surface area contributed by atoms with Gasteiger partial charge in [0, 0.05) is 23.5 Å². The van der Waals surface area contributed by atoms with Gasteiger partial charge in [0.25, 0.3) is 0 Å². The molecule has 0 saturated heterocycles. The summed E-state index contributed by atoms with van der Waals surface area (Å²) in [5.41, 5.74) is 6.54. The van der Waals surface area contributed by atoms with Crippen molar-refractivity contribution in [3.05, 3.63) is 41.2 Å². The Bertz CT molecular complexity index is 831. The highest BCUT2D eigenvalue weighted by molar-refractivity contribution is 7.89. The first-order valence-corrected chi connectivity index (χ1v) is 9.67. The summed E-state index contributed by atoms with van der Waals surface area (Å²) in [7, 11) is -3.64. The number of nitrogens with zero attached hydrogens (tertiary/aromatic N) is 1. The van der Waals surface area contributed by atoms with E-state index in [0.717, 1.165) is 24.9 Å². The maximum absolute atomic E-state index is 11.5. The van der Waals surface area contributed by atoms with Crippen molar-refractivity contribution in [2.75, 3.05) is 0 Å². The monoisotopic (exact) mass is 332 g/mol. The van der Waals surface area contributed by atoms with Crippen LogP contribution in [-0.2, 0) is 29.4 Å². The lowest BCUT2D eigenvalue weighted by molar-refractivity contribution is 0.598. The molecule has 0 amide bonds. The van der Waals surface area contributed by atoms with Gasteiger partial charge < -0.3 is 4.57 Å². The Hall–Kier alpha value is -1.59. The van der Waals surface area contributed by atoms with E-state index < -0.39 is 10.0 Å². The zero-order chi connectivity index (χ0) is 16.8. The van der Waals surface area contributed by atoms with Gasteiger partial charge in [0.2, 0.25) is 10.0 Å². The largest absolute Gasteiger partial charge is 0.348 e. The molecule has 0 radical (unpaired) electrons. The van der Waals surface area contributed by atoms with Gasteiger partial charge in [0.1, 0.15) is 0 Å². The Balaban J connectivity index is 2.14. The Morgan fingerprint density at radius 1 is 1.22 bits per heavy atom. The number of hydrogen-bond donors (Lipinski definition) is 1. The number of fused-ring (bicyclic) bond motifs is 1. The topological polar surface area (TPSA) is 65.1 Å². The molecule has 2 aromatic rings. The van der Waals surface area contributed by atoms with Gasteiger partial charge in [-0.2, -0.15) is 0 Å². The average Bonchev–Trinajstić information content (AvgIpc) is 3.02. The lowest BCUT2D eigenvalue weighted by Crippen LogP contribution is -2.11. The van der Waals surface area contributed by atoms with Gasteiger partial charge in [-0.3, -0.25) is 0 Å². The number of primary sulfonamides is 1. The molecule has 0 aliphatic carbocycles. The van der Waals surface area contributed by atoms with E-state index in [1.807, 2.05) is 12.1 Å². The molecule has 4 nitrogen and oxygen atoms in total. The van der Waals surface area contributed by atoms with Gasteiger partial charge in [-0.15, -0.1) is 0 Å². The SMILES string of the molecule is Cc1c(CC(C)C)c(-c2ccc(S(N)(=O)=O)cc2)c2n1CCC2. The normalized spacial score (nSPS) is 14.5. The van der Waals surface area contributed by atoms with Crippen LogP contribution in [0, 0.1) is 12.8 Å². The fourth-order valence-electron chi connectivity index (χ4n) is 3.63. The molecular formula is C18H24N2O2S. The molecule has 1 aromatic carbocycles.